The lowest BCUT2D eigenvalue weighted by Crippen LogP contribution is -2.45. The summed E-state index contributed by atoms with van der Waals surface area (Å²) >= 11 is 1.84. The Morgan fingerprint density at radius 3 is 2.87 bits per heavy atom. The normalized spacial score (nSPS) is 17.8. The maximum Gasteiger partial charge on any atom is 0.224 e. The first kappa shape index (κ1) is 17.9. The van der Waals surface area contributed by atoms with Gasteiger partial charge in [-0.1, -0.05) is 24.3 Å². The summed E-state index contributed by atoms with van der Waals surface area (Å²) in [5.41, 5.74) is 2.67. The quantitative estimate of drug-likeness (QED) is 0.814. The first-order valence-corrected chi connectivity index (χ1v) is 9.39. The van der Waals surface area contributed by atoms with Crippen LogP contribution in [0.1, 0.15) is 30.9 Å². The van der Waals surface area contributed by atoms with Crippen LogP contribution in [-0.2, 0) is 15.3 Å². The number of carbonyl (C=O) groups is 2. The van der Waals surface area contributed by atoms with Crippen LogP contribution in [0.5, 0.6) is 0 Å². The number of amides is 2. The average molecular weight is 334 g/mol. The van der Waals surface area contributed by atoms with E-state index < -0.39 is 0 Å². The Hall–Kier alpha value is -1.49. The molecule has 0 unspecified atom stereocenters. The number of benzene rings is 1. The molecule has 4 nitrogen and oxygen atoms in total. The van der Waals surface area contributed by atoms with Crippen LogP contribution in [-0.4, -0.2) is 42.1 Å². The van der Waals surface area contributed by atoms with Crippen LogP contribution in [0.2, 0.25) is 0 Å². The molecule has 2 rings (SSSR count). The second kappa shape index (κ2) is 8.96. The number of carbonyl (C=O) groups excluding carboxylic acids is 2. The zero-order valence-electron chi connectivity index (χ0n) is 14.0. The van der Waals surface area contributed by atoms with Gasteiger partial charge in [0.1, 0.15) is 0 Å². The summed E-state index contributed by atoms with van der Waals surface area (Å²) in [6.07, 6.45) is 1.80. The van der Waals surface area contributed by atoms with Crippen LogP contribution in [0.4, 0.5) is 0 Å². The van der Waals surface area contributed by atoms with Gasteiger partial charge in [0.15, 0.2) is 0 Å². The summed E-state index contributed by atoms with van der Waals surface area (Å²) < 4.78 is 0. The third-order valence-corrected chi connectivity index (χ3v) is 5.31. The van der Waals surface area contributed by atoms with E-state index in [1.807, 2.05) is 11.8 Å². The van der Waals surface area contributed by atoms with Gasteiger partial charge in [0.2, 0.25) is 11.8 Å². The standard InChI is InChI=1S/C18H26N2O2S/c1-14-6-3-4-7-17(14)13-23-11-9-19-18(22)16-8-5-10-20(12-16)15(2)21/h3-4,6-7,16H,5,8-13H2,1-2H3,(H,19,22)/t16-/m1/s1. The highest BCUT2D eigenvalue weighted by atomic mass is 32.2. The molecule has 1 atom stereocenters. The van der Waals surface area contributed by atoms with Crippen LogP contribution in [0.15, 0.2) is 24.3 Å². The summed E-state index contributed by atoms with van der Waals surface area (Å²) in [6, 6.07) is 8.40. The first-order chi connectivity index (χ1) is 11.1. The fourth-order valence-electron chi connectivity index (χ4n) is 2.82. The number of aryl methyl sites for hydroxylation is 1. The largest absolute Gasteiger partial charge is 0.355 e. The lowest BCUT2D eigenvalue weighted by Gasteiger charge is -2.31. The van der Waals surface area contributed by atoms with E-state index in [9.17, 15) is 9.59 Å². The number of hydrogen-bond donors (Lipinski definition) is 1. The summed E-state index contributed by atoms with van der Waals surface area (Å²) in [7, 11) is 0. The molecule has 1 heterocycles. The highest BCUT2D eigenvalue weighted by Crippen LogP contribution is 2.17. The summed E-state index contributed by atoms with van der Waals surface area (Å²) in [4.78, 5) is 25.4. The third kappa shape index (κ3) is 5.57. The van der Waals surface area contributed by atoms with Crippen LogP contribution in [0.3, 0.4) is 0 Å². The number of hydrogen-bond acceptors (Lipinski definition) is 3. The molecule has 0 aliphatic carbocycles. The second-order valence-electron chi connectivity index (χ2n) is 6.07. The Balaban J connectivity index is 1.65. The highest BCUT2D eigenvalue weighted by molar-refractivity contribution is 7.98. The monoisotopic (exact) mass is 334 g/mol. The Bertz CT molecular complexity index is 548. The van der Waals surface area contributed by atoms with E-state index in [1.54, 1.807) is 11.8 Å². The Kier molecular flexibility index (Phi) is 6.96. The van der Waals surface area contributed by atoms with E-state index >= 15 is 0 Å². The van der Waals surface area contributed by atoms with Crippen LogP contribution in [0, 0.1) is 12.8 Å². The van der Waals surface area contributed by atoms with Crippen molar-refractivity contribution >= 4 is 23.6 Å². The number of nitrogens with one attached hydrogen (secondary N) is 1. The van der Waals surface area contributed by atoms with Gasteiger partial charge in [-0.05, 0) is 30.9 Å². The predicted molar refractivity (Wildman–Crippen MR) is 95.3 cm³/mol. The van der Waals surface area contributed by atoms with Gasteiger partial charge in [0, 0.05) is 38.1 Å². The fourth-order valence-corrected chi connectivity index (χ4v) is 3.76. The Labute approximate surface area is 143 Å². The van der Waals surface area contributed by atoms with Gasteiger partial charge in [-0.3, -0.25) is 9.59 Å². The predicted octanol–water partition coefficient (Wildman–Crippen LogP) is 2.60. The minimum atomic E-state index is -0.0472. The molecule has 2 amide bonds. The van der Waals surface area contributed by atoms with Crippen molar-refractivity contribution in [3.05, 3.63) is 35.4 Å². The van der Waals surface area contributed by atoms with Crippen molar-refractivity contribution in [2.45, 2.75) is 32.4 Å². The molecule has 1 aliphatic heterocycles. The number of rotatable bonds is 6. The van der Waals surface area contributed by atoms with E-state index in [1.165, 1.54) is 11.1 Å². The van der Waals surface area contributed by atoms with Gasteiger partial charge in [0.25, 0.3) is 0 Å². The molecule has 1 aromatic rings. The average Bonchev–Trinajstić information content (AvgIpc) is 2.56. The molecule has 1 fully saturated rings. The van der Waals surface area contributed by atoms with Crippen molar-refractivity contribution in [2.24, 2.45) is 5.92 Å². The molecule has 0 aromatic heterocycles. The molecule has 1 aliphatic rings. The SMILES string of the molecule is CC(=O)N1CCC[C@@H](C(=O)NCCSCc2ccccc2C)C1. The third-order valence-electron chi connectivity index (χ3n) is 4.30. The maximum atomic E-state index is 12.2. The molecule has 0 spiro atoms. The van der Waals surface area contributed by atoms with Crippen molar-refractivity contribution in [2.75, 3.05) is 25.4 Å². The number of nitrogens with zero attached hydrogens (tertiary/aromatic N) is 1. The minimum absolute atomic E-state index is 0.0472. The van der Waals surface area contributed by atoms with E-state index in [4.69, 9.17) is 0 Å². The zero-order valence-corrected chi connectivity index (χ0v) is 14.8. The van der Waals surface area contributed by atoms with Crippen molar-refractivity contribution in [3.8, 4) is 0 Å². The molecule has 0 bridgehead atoms. The van der Waals surface area contributed by atoms with Crippen molar-refractivity contribution in [1.82, 2.24) is 10.2 Å². The first-order valence-electron chi connectivity index (χ1n) is 8.23. The summed E-state index contributed by atoms with van der Waals surface area (Å²) in [6.45, 7) is 5.73. The Morgan fingerprint density at radius 1 is 1.35 bits per heavy atom. The van der Waals surface area contributed by atoms with Crippen molar-refractivity contribution in [3.63, 3.8) is 0 Å². The van der Waals surface area contributed by atoms with Gasteiger partial charge in [-0.15, -0.1) is 0 Å². The highest BCUT2D eigenvalue weighted by Gasteiger charge is 2.26. The van der Waals surface area contributed by atoms with Gasteiger partial charge < -0.3 is 10.2 Å². The summed E-state index contributed by atoms with van der Waals surface area (Å²) in [5, 5.41) is 3.02. The van der Waals surface area contributed by atoms with Gasteiger partial charge >= 0.3 is 0 Å². The van der Waals surface area contributed by atoms with Gasteiger partial charge in [0.05, 0.1) is 5.92 Å². The molecule has 5 heteroatoms. The number of likely N-dealkylation sites (tertiary alicyclic amines) is 1. The zero-order chi connectivity index (χ0) is 16.7. The van der Waals surface area contributed by atoms with E-state index in [0.717, 1.165) is 30.9 Å². The van der Waals surface area contributed by atoms with E-state index in [0.29, 0.717) is 13.1 Å². The van der Waals surface area contributed by atoms with Crippen LogP contribution in [0.25, 0.3) is 0 Å². The topological polar surface area (TPSA) is 49.4 Å². The fraction of sp³-hybridized carbons (Fsp3) is 0.556. The van der Waals surface area contributed by atoms with Crippen LogP contribution < -0.4 is 5.32 Å². The molecule has 0 saturated carbocycles. The molecule has 126 valence electrons. The maximum absolute atomic E-state index is 12.2. The van der Waals surface area contributed by atoms with Crippen molar-refractivity contribution < 1.29 is 9.59 Å². The molecular formula is C18H26N2O2S. The lowest BCUT2D eigenvalue weighted by molar-refractivity contribution is -0.133. The van der Waals surface area contributed by atoms with Crippen molar-refractivity contribution in [1.29, 1.82) is 0 Å². The van der Waals surface area contributed by atoms with Gasteiger partial charge in [-0.2, -0.15) is 11.8 Å². The molecule has 23 heavy (non-hydrogen) atoms. The summed E-state index contributed by atoms with van der Waals surface area (Å²) in [5.74, 6) is 1.99. The molecule has 1 saturated heterocycles. The number of thioether (sulfide) groups is 1. The van der Waals surface area contributed by atoms with E-state index in [2.05, 4.69) is 36.5 Å². The molecule has 0 radical (unpaired) electrons. The van der Waals surface area contributed by atoms with E-state index in [-0.39, 0.29) is 17.7 Å². The second-order valence-corrected chi connectivity index (χ2v) is 7.18. The Morgan fingerprint density at radius 2 is 2.13 bits per heavy atom. The van der Waals surface area contributed by atoms with Gasteiger partial charge in [-0.25, -0.2) is 0 Å². The molecule has 1 aromatic carbocycles. The molecular weight excluding hydrogens is 308 g/mol. The minimum Gasteiger partial charge on any atom is -0.355 e. The lowest BCUT2D eigenvalue weighted by atomic mass is 9.97. The smallest absolute Gasteiger partial charge is 0.224 e. The molecule has 1 N–H and O–H groups in total. The number of piperidine rings is 1. The van der Waals surface area contributed by atoms with Crippen LogP contribution >= 0.6 is 11.8 Å².